The molecule has 3 atom stereocenters. The molecular formula is C32H39ClN2O3. The third kappa shape index (κ3) is 5.48. The zero-order chi connectivity index (χ0) is 26.9. The summed E-state index contributed by atoms with van der Waals surface area (Å²) in [7, 11) is 0. The molecule has 1 saturated heterocycles. The Bertz CT molecular complexity index is 1220. The maximum atomic E-state index is 10.8. The molecule has 5 rings (SSSR count). The number of nitrogens with zero attached hydrogens (tertiary/aromatic N) is 2. The van der Waals surface area contributed by atoms with Crippen molar-refractivity contribution in [1.29, 1.82) is 0 Å². The molecule has 202 valence electrons. The molecule has 3 heterocycles. The maximum absolute atomic E-state index is 10.8. The number of fused-ring (bicyclic) bond motifs is 2. The van der Waals surface area contributed by atoms with Crippen molar-refractivity contribution in [3.63, 3.8) is 0 Å². The van der Waals surface area contributed by atoms with Crippen LogP contribution in [-0.2, 0) is 11.0 Å². The number of aliphatic hydroxyl groups is 2. The minimum atomic E-state index is -0.930. The molecular weight excluding hydrogens is 496 g/mol. The number of benzene rings is 2. The van der Waals surface area contributed by atoms with Crippen LogP contribution >= 0.6 is 11.6 Å². The fourth-order valence-electron chi connectivity index (χ4n) is 6.18. The van der Waals surface area contributed by atoms with E-state index in [9.17, 15) is 10.2 Å². The summed E-state index contributed by atoms with van der Waals surface area (Å²) in [6, 6.07) is 14.1. The summed E-state index contributed by atoms with van der Waals surface area (Å²) in [5, 5.41) is 22.2. The van der Waals surface area contributed by atoms with Crippen molar-refractivity contribution in [3.8, 4) is 5.75 Å². The van der Waals surface area contributed by atoms with E-state index in [-0.39, 0.29) is 17.4 Å². The van der Waals surface area contributed by atoms with E-state index in [1.807, 2.05) is 57.3 Å². The van der Waals surface area contributed by atoms with Crippen LogP contribution in [0.4, 0.5) is 0 Å². The monoisotopic (exact) mass is 534 g/mol. The highest BCUT2D eigenvalue weighted by Gasteiger charge is 2.40. The number of allylic oxidation sites excluding steroid dienone is 1. The second-order valence-electron chi connectivity index (χ2n) is 11.5. The van der Waals surface area contributed by atoms with Gasteiger partial charge in [-0.2, -0.15) is 0 Å². The number of likely N-dealkylation sites (tertiary alicyclic amines) is 1. The molecule has 1 fully saturated rings. The van der Waals surface area contributed by atoms with E-state index in [0.717, 1.165) is 60.8 Å². The van der Waals surface area contributed by atoms with Gasteiger partial charge in [-0.3, -0.25) is 4.99 Å². The lowest BCUT2D eigenvalue weighted by Gasteiger charge is -2.44. The number of ether oxygens (including phenoxy) is 1. The summed E-state index contributed by atoms with van der Waals surface area (Å²) in [5.41, 5.74) is 3.15. The number of hydrogen-bond donors (Lipinski definition) is 2. The summed E-state index contributed by atoms with van der Waals surface area (Å²) in [4.78, 5) is 7.21. The summed E-state index contributed by atoms with van der Waals surface area (Å²) in [6.45, 7) is 8.92. The molecule has 0 saturated carbocycles. The maximum Gasteiger partial charge on any atom is 0.126 e. The van der Waals surface area contributed by atoms with Gasteiger partial charge in [-0.1, -0.05) is 42.0 Å². The lowest BCUT2D eigenvalue weighted by molar-refractivity contribution is 0.0423. The second-order valence-corrected chi connectivity index (χ2v) is 11.9. The molecule has 2 aromatic carbocycles. The van der Waals surface area contributed by atoms with Crippen LogP contribution in [0.25, 0.3) is 5.57 Å². The molecule has 2 aromatic rings. The fraction of sp³-hybridized carbons (Fsp3) is 0.469. The minimum Gasteiger partial charge on any atom is -0.491 e. The normalized spacial score (nSPS) is 24.8. The van der Waals surface area contributed by atoms with E-state index in [1.54, 1.807) is 0 Å². The number of rotatable bonds is 6. The van der Waals surface area contributed by atoms with Crippen molar-refractivity contribution in [2.45, 2.75) is 63.2 Å². The van der Waals surface area contributed by atoms with Crippen LogP contribution in [0.3, 0.4) is 0 Å². The smallest absolute Gasteiger partial charge is 0.126 e. The largest absolute Gasteiger partial charge is 0.491 e. The number of halogens is 1. The predicted molar refractivity (Wildman–Crippen MR) is 155 cm³/mol. The summed E-state index contributed by atoms with van der Waals surface area (Å²) >= 11 is 6.13. The molecule has 0 aliphatic carbocycles. The highest BCUT2D eigenvalue weighted by atomic mass is 35.5. The van der Waals surface area contributed by atoms with Crippen molar-refractivity contribution in [2.24, 2.45) is 10.9 Å². The van der Waals surface area contributed by atoms with Crippen molar-refractivity contribution in [1.82, 2.24) is 4.90 Å². The van der Waals surface area contributed by atoms with Crippen LogP contribution in [0.2, 0.25) is 5.02 Å². The van der Waals surface area contributed by atoms with Gasteiger partial charge in [0, 0.05) is 34.7 Å². The van der Waals surface area contributed by atoms with Gasteiger partial charge in [0.25, 0.3) is 0 Å². The van der Waals surface area contributed by atoms with Crippen LogP contribution in [-0.4, -0.2) is 59.7 Å². The van der Waals surface area contributed by atoms with Crippen molar-refractivity contribution < 1.29 is 14.9 Å². The summed E-state index contributed by atoms with van der Waals surface area (Å²) in [5.74, 6) is 0.998. The Kier molecular flexibility index (Phi) is 7.84. The fourth-order valence-corrected chi connectivity index (χ4v) is 6.30. The van der Waals surface area contributed by atoms with E-state index in [2.05, 4.69) is 35.3 Å². The first kappa shape index (κ1) is 27.1. The first-order valence-corrected chi connectivity index (χ1v) is 14.1. The van der Waals surface area contributed by atoms with E-state index in [1.165, 1.54) is 11.1 Å². The number of dihydropyridines is 1. The van der Waals surface area contributed by atoms with Gasteiger partial charge >= 0.3 is 0 Å². The lowest BCUT2D eigenvalue weighted by Crippen LogP contribution is -2.48. The van der Waals surface area contributed by atoms with E-state index in [0.29, 0.717) is 6.61 Å². The van der Waals surface area contributed by atoms with Crippen molar-refractivity contribution >= 4 is 23.4 Å². The van der Waals surface area contributed by atoms with Gasteiger partial charge < -0.3 is 19.8 Å². The standard InChI is InChI=1S/C32H39ClN2O3/c1-22(36)32(23-8-11-25(33)12-9-23)14-18-35(19-15-32)17-5-7-26-27-6-4-16-34-29(27)21-38-30-13-10-24(20-28(26)30)31(2,3)37/h4,6-13,16,20,22,27,29,36-37H,5,14-15,17-19,21H2,1-3H3/b26-7+. The number of aliphatic hydroxyl groups excluding tert-OH is 1. The van der Waals surface area contributed by atoms with Crippen LogP contribution in [0.5, 0.6) is 5.75 Å². The molecule has 0 aromatic heterocycles. The summed E-state index contributed by atoms with van der Waals surface area (Å²) in [6.07, 6.45) is 10.8. The Morgan fingerprint density at radius 1 is 1.18 bits per heavy atom. The molecule has 3 unspecified atom stereocenters. The number of piperidine rings is 1. The molecule has 6 heteroatoms. The molecule has 38 heavy (non-hydrogen) atoms. The third-order valence-corrected chi connectivity index (χ3v) is 8.89. The summed E-state index contributed by atoms with van der Waals surface area (Å²) < 4.78 is 6.19. The SMILES string of the molecule is CC(O)C1(c2ccc(Cl)cc2)CCN(CC/C=C2/c3cc(C(C)(C)O)ccc3OCC3N=CC=CC23)CC1. The van der Waals surface area contributed by atoms with Crippen LogP contribution in [0, 0.1) is 5.92 Å². The lowest BCUT2D eigenvalue weighted by atomic mass is 9.69. The Morgan fingerprint density at radius 3 is 2.61 bits per heavy atom. The Morgan fingerprint density at radius 2 is 1.92 bits per heavy atom. The van der Waals surface area contributed by atoms with Crippen LogP contribution in [0.1, 0.15) is 56.7 Å². The van der Waals surface area contributed by atoms with Gasteiger partial charge in [0.05, 0.1) is 17.7 Å². The van der Waals surface area contributed by atoms with E-state index >= 15 is 0 Å². The molecule has 2 N–H and O–H groups in total. The average Bonchev–Trinajstić information content (AvgIpc) is 3.06. The minimum absolute atomic E-state index is 0.0465. The zero-order valence-electron chi connectivity index (χ0n) is 22.6. The van der Waals surface area contributed by atoms with Crippen LogP contribution in [0.15, 0.2) is 65.7 Å². The van der Waals surface area contributed by atoms with Gasteiger partial charge in [-0.05, 0) is 100 Å². The molecule has 0 amide bonds. The van der Waals surface area contributed by atoms with Gasteiger partial charge in [-0.15, -0.1) is 0 Å². The van der Waals surface area contributed by atoms with E-state index in [4.69, 9.17) is 21.3 Å². The number of hydrogen-bond acceptors (Lipinski definition) is 5. The van der Waals surface area contributed by atoms with Crippen molar-refractivity contribution in [2.75, 3.05) is 26.2 Å². The van der Waals surface area contributed by atoms with Gasteiger partial charge in [0.15, 0.2) is 0 Å². The van der Waals surface area contributed by atoms with Gasteiger partial charge in [0.1, 0.15) is 12.4 Å². The van der Waals surface area contributed by atoms with Gasteiger partial charge in [-0.25, -0.2) is 0 Å². The van der Waals surface area contributed by atoms with Gasteiger partial charge in [0.2, 0.25) is 0 Å². The molecule has 3 aliphatic heterocycles. The zero-order valence-corrected chi connectivity index (χ0v) is 23.4. The average molecular weight is 535 g/mol. The molecule has 0 radical (unpaired) electrons. The van der Waals surface area contributed by atoms with Crippen molar-refractivity contribution in [3.05, 3.63) is 82.4 Å². The predicted octanol–water partition coefficient (Wildman–Crippen LogP) is 5.77. The molecule has 0 spiro atoms. The quantitative estimate of drug-likeness (QED) is 0.493. The third-order valence-electron chi connectivity index (χ3n) is 8.64. The molecule has 5 nitrogen and oxygen atoms in total. The Labute approximate surface area is 231 Å². The van der Waals surface area contributed by atoms with E-state index < -0.39 is 11.7 Å². The Hall–Kier alpha value is -2.44. The first-order valence-electron chi connectivity index (χ1n) is 13.7. The van der Waals surface area contributed by atoms with Crippen LogP contribution < -0.4 is 4.74 Å². The number of aliphatic imine (C=N–C) groups is 1. The topological polar surface area (TPSA) is 65.3 Å². The second kappa shape index (κ2) is 11.0. The molecule has 0 bridgehead atoms. The highest BCUT2D eigenvalue weighted by Crippen LogP contribution is 2.42. The molecule has 3 aliphatic rings. The first-order chi connectivity index (χ1) is 18.2. The Balaban J connectivity index is 1.34. The highest BCUT2D eigenvalue weighted by molar-refractivity contribution is 6.30.